The molecule has 2 heteroatoms. The van der Waals surface area contributed by atoms with E-state index in [4.69, 9.17) is 0 Å². The Kier molecular flexibility index (Phi) is 1.10. The molecule has 0 spiro atoms. The molecule has 0 saturated carbocycles. The van der Waals surface area contributed by atoms with E-state index < -0.39 is 0 Å². The SMILES string of the molecule is c1cc2cncncc-2c1. The van der Waals surface area contributed by atoms with E-state index in [0.29, 0.717) is 0 Å². The summed E-state index contributed by atoms with van der Waals surface area (Å²) in [7, 11) is 0. The molecule has 0 aromatic rings. The van der Waals surface area contributed by atoms with Crippen LogP contribution in [0.5, 0.6) is 0 Å². The van der Waals surface area contributed by atoms with Gasteiger partial charge in [-0.3, -0.25) is 0 Å². The highest BCUT2D eigenvalue weighted by Crippen LogP contribution is 2.17. The van der Waals surface area contributed by atoms with Crippen molar-refractivity contribution >= 4 is 0 Å². The minimum absolute atomic E-state index is 1.14. The molecule has 1 aliphatic carbocycles. The molecule has 2 nitrogen and oxygen atoms in total. The second kappa shape index (κ2) is 2.06. The van der Waals surface area contributed by atoms with Gasteiger partial charge in [-0.25, -0.2) is 9.97 Å². The van der Waals surface area contributed by atoms with E-state index >= 15 is 0 Å². The molecule has 0 saturated heterocycles. The Morgan fingerprint density at radius 2 is 1.50 bits per heavy atom. The van der Waals surface area contributed by atoms with Crippen LogP contribution in [0.3, 0.4) is 0 Å². The molecule has 1 aliphatic heterocycles. The second-order valence-electron chi connectivity index (χ2n) is 2.11. The number of rotatable bonds is 0. The predicted molar refractivity (Wildman–Crippen MR) is 38.7 cm³/mol. The average molecular weight is 130 g/mol. The lowest BCUT2D eigenvalue weighted by Crippen LogP contribution is -1.63. The molecule has 10 heavy (non-hydrogen) atoms. The summed E-state index contributed by atoms with van der Waals surface area (Å²) in [4.78, 5) is 7.87. The van der Waals surface area contributed by atoms with Crippen LogP contribution in [0.1, 0.15) is 0 Å². The van der Waals surface area contributed by atoms with Gasteiger partial charge in [-0.2, -0.15) is 0 Å². The highest BCUT2D eigenvalue weighted by molar-refractivity contribution is 5.63. The van der Waals surface area contributed by atoms with Gasteiger partial charge in [-0.05, 0) is 0 Å². The molecule has 0 atom stereocenters. The molecule has 48 valence electrons. The van der Waals surface area contributed by atoms with Crippen molar-refractivity contribution in [2.45, 2.75) is 0 Å². The van der Waals surface area contributed by atoms with E-state index in [0.717, 1.165) is 11.1 Å². The molecule has 2 rings (SSSR count). The third kappa shape index (κ3) is 0.739. The van der Waals surface area contributed by atoms with Crippen LogP contribution in [-0.2, 0) is 0 Å². The van der Waals surface area contributed by atoms with Gasteiger partial charge in [0.15, 0.2) is 0 Å². The first-order valence-corrected chi connectivity index (χ1v) is 3.10. The summed E-state index contributed by atoms with van der Waals surface area (Å²) in [5.74, 6) is 0. The largest absolute Gasteiger partial charge is 0.244 e. The molecule has 2 aliphatic rings. The summed E-state index contributed by atoms with van der Waals surface area (Å²) in [5, 5.41) is 0. The van der Waals surface area contributed by atoms with E-state index in [9.17, 15) is 0 Å². The number of hydrogen-bond acceptors (Lipinski definition) is 2. The van der Waals surface area contributed by atoms with Gasteiger partial charge in [0, 0.05) is 23.5 Å². The van der Waals surface area contributed by atoms with E-state index in [-0.39, 0.29) is 0 Å². The number of hydrogen-bond donors (Lipinski definition) is 0. The predicted octanol–water partition coefficient (Wildman–Crippen LogP) is 1.58. The normalized spacial score (nSPS) is 10.0. The summed E-state index contributed by atoms with van der Waals surface area (Å²) in [6.45, 7) is 0. The van der Waals surface area contributed by atoms with E-state index in [1.165, 1.54) is 0 Å². The number of fused-ring (bicyclic) bond motifs is 1. The van der Waals surface area contributed by atoms with Gasteiger partial charge in [0.2, 0.25) is 0 Å². The van der Waals surface area contributed by atoms with Crippen LogP contribution in [0.2, 0.25) is 0 Å². The van der Waals surface area contributed by atoms with Crippen molar-refractivity contribution in [1.82, 2.24) is 9.97 Å². The van der Waals surface area contributed by atoms with Crippen molar-refractivity contribution in [1.29, 1.82) is 0 Å². The van der Waals surface area contributed by atoms with Crippen LogP contribution >= 0.6 is 0 Å². The maximum Gasteiger partial charge on any atom is 0.115 e. The lowest BCUT2D eigenvalue weighted by Gasteiger charge is -1.83. The number of nitrogens with zero attached hydrogens (tertiary/aromatic N) is 2. The second-order valence-corrected chi connectivity index (χ2v) is 2.11. The van der Waals surface area contributed by atoms with Gasteiger partial charge in [-0.1, -0.05) is 18.2 Å². The van der Waals surface area contributed by atoms with E-state index in [2.05, 4.69) is 9.97 Å². The zero-order valence-corrected chi connectivity index (χ0v) is 5.36. The Labute approximate surface area is 58.9 Å². The highest BCUT2D eigenvalue weighted by atomic mass is 14.8. The van der Waals surface area contributed by atoms with Crippen molar-refractivity contribution in [3.8, 4) is 11.1 Å². The van der Waals surface area contributed by atoms with Crippen molar-refractivity contribution in [3.05, 3.63) is 36.9 Å². The average Bonchev–Trinajstić information content (AvgIpc) is 2.28. The molecular weight excluding hydrogens is 124 g/mol. The first-order valence-electron chi connectivity index (χ1n) is 3.10. The maximum absolute atomic E-state index is 3.94. The molecule has 0 fully saturated rings. The Bertz CT molecular complexity index is 278. The maximum atomic E-state index is 3.94. The minimum atomic E-state index is 1.14. The zero-order valence-electron chi connectivity index (χ0n) is 5.36. The molecule has 1 heterocycles. The van der Waals surface area contributed by atoms with E-state index in [1.54, 1.807) is 6.33 Å². The standard InChI is InChI=1S/C8H6N2/c1-2-7-4-9-6-10-5-8(7)3-1/h1-6H. The molecule has 0 amide bonds. The smallest absolute Gasteiger partial charge is 0.115 e. The van der Waals surface area contributed by atoms with Gasteiger partial charge in [-0.15, -0.1) is 0 Å². The molecule has 0 aromatic carbocycles. The highest BCUT2D eigenvalue weighted by Gasteiger charge is 1.96. The Morgan fingerprint density at radius 1 is 0.900 bits per heavy atom. The van der Waals surface area contributed by atoms with E-state index in [1.807, 2.05) is 30.6 Å². The summed E-state index contributed by atoms with van der Waals surface area (Å²) >= 11 is 0. The summed E-state index contributed by atoms with van der Waals surface area (Å²) in [6.07, 6.45) is 5.16. The fraction of sp³-hybridized carbons (Fsp3) is 0. The lowest BCUT2D eigenvalue weighted by atomic mass is 10.2. The summed E-state index contributed by atoms with van der Waals surface area (Å²) in [5.41, 5.74) is 2.27. The Hall–Kier alpha value is -1.44. The van der Waals surface area contributed by atoms with Gasteiger partial charge in [0.1, 0.15) is 6.33 Å². The molecule has 0 radical (unpaired) electrons. The van der Waals surface area contributed by atoms with Crippen molar-refractivity contribution < 1.29 is 0 Å². The third-order valence-electron chi connectivity index (χ3n) is 1.45. The molecule has 0 N–H and O–H groups in total. The fourth-order valence-corrected chi connectivity index (χ4v) is 0.949. The van der Waals surface area contributed by atoms with Crippen molar-refractivity contribution in [2.75, 3.05) is 0 Å². The topological polar surface area (TPSA) is 25.8 Å². The van der Waals surface area contributed by atoms with Crippen LogP contribution in [0.15, 0.2) is 36.9 Å². The van der Waals surface area contributed by atoms with Crippen LogP contribution in [0.25, 0.3) is 11.1 Å². The molecule has 0 unspecified atom stereocenters. The first-order chi connectivity index (χ1) is 4.97. The van der Waals surface area contributed by atoms with Gasteiger partial charge >= 0.3 is 0 Å². The minimum Gasteiger partial charge on any atom is -0.244 e. The van der Waals surface area contributed by atoms with Gasteiger partial charge in [0.05, 0.1) is 0 Å². The first kappa shape index (κ1) is 5.35. The quantitative estimate of drug-likeness (QED) is 0.541. The fourth-order valence-electron chi connectivity index (χ4n) is 0.949. The molecule has 0 bridgehead atoms. The van der Waals surface area contributed by atoms with Gasteiger partial charge in [0.25, 0.3) is 0 Å². The third-order valence-corrected chi connectivity index (χ3v) is 1.45. The van der Waals surface area contributed by atoms with Crippen LogP contribution in [0.4, 0.5) is 0 Å². The van der Waals surface area contributed by atoms with Crippen molar-refractivity contribution in [3.63, 3.8) is 0 Å². The zero-order chi connectivity index (χ0) is 6.81. The van der Waals surface area contributed by atoms with Crippen molar-refractivity contribution in [2.24, 2.45) is 0 Å². The van der Waals surface area contributed by atoms with Crippen LogP contribution < -0.4 is 0 Å². The summed E-state index contributed by atoms with van der Waals surface area (Å²) in [6, 6.07) is 6.03. The Morgan fingerprint density at radius 3 is 2.10 bits per heavy atom. The lowest BCUT2D eigenvalue weighted by molar-refractivity contribution is 1.23. The monoisotopic (exact) mass is 130 g/mol. The summed E-state index contributed by atoms with van der Waals surface area (Å²) < 4.78 is 0. The molecule has 0 aromatic heterocycles. The van der Waals surface area contributed by atoms with Crippen LogP contribution in [0, 0.1) is 0 Å². The molecular formula is C8H6N2. The van der Waals surface area contributed by atoms with Crippen LogP contribution in [-0.4, -0.2) is 9.97 Å². The Balaban J connectivity index is 2.74. The van der Waals surface area contributed by atoms with Gasteiger partial charge < -0.3 is 0 Å². The number of aromatic nitrogens is 2.